The van der Waals surface area contributed by atoms with Crippen LogP contribution in [-0.2, 0) is 42.2 Å². The molecule has 0 radical (unpaired) electrons. The van der Waals surface area contributed by atoms with Gasteiger partial charge < -0.3 is 13.8 Å². The van der Waals surface area contributed by atoms with Crippen molar-refractivity contribution < 1.29 is 16.5 Å². The van der Waals surface area contributed by atoms with Gasteiger partial charge in [-0.25, -0.2) is 0 Å². The third-order valence-electron chi connectivity index (χ3n) is 8.48. The maximum Gasteiger partial charge on any atom is 2.00 e. The van der Waals surface area contributed by atoms with E-state index in [2.05, 4.69) is 116 Å². The van der Waals surface area contributed by atoms with Gasteiger partial charge in [0.15, 0.2) is 0 Å². The molecule has 0 saturated carbocycles. The fourth-order valence-corrected chi connectivity index (χ4v) is 5.96. The Labute approximate surface area is 307 Å². The van der Waals surface area contributed by atoms with Gasteiger partial charge in [-0.3, -0.25) is 9.98 Å². The number of aliphatic imine (C=N–C) groups is 2. The fourth-order valence-electron chi connectivity index (χ4n) is 5.96. The Bertz CT molecular complexity index is 1310. The first-order valence-corrected chi connectivity index (χ1v) is 18.9. The minimum Gasteiger partial charge on any atom is -0.346 e. The molecule has 0 spiro atoms. The van der Waals surface area contributed by atoms with E-state index in [1.54, 1.807) is 13.8 Å². The molecule has 0 atom stereocenters. The summed E-state index contributed by atoms with van der Waals surface area (Å²) in [6.07, 6.45) is 17.8. The second-order valence-corrected chi connectivity index (χ2v) is 12.2. The van der Waals surface area contributed by atoms with Gasteiger partial charge in [0.1, 0.15) is 0 Å². The van der Waals surface area contributed by atoms with Crippen molar-refractivity contribution in [3.63, 3.8) is 0 Å². The van der Waals surface area contributed by atoms with Gasteiger partial charge in [-0.05, 0) is 122 Å². The van der Waals surface area contributed by atoms with Crippen molar-refractivity contribution >= 4 is 22.8 Å². The smallest absolute Gasteiger partial charge is 0.346 e. The molecule has 3 heteroatoms. The van der Waals surface area contributed by atoms with Crippen molar-refractivity contribution in [1.82, 2.24) is 0 Å². The number of rotatable bonds is 19. The first kappa shape index (κ1) is 45.5. The second-order valence-electron chi connectivity index (χ2n) is 12.2. The first-order valence-electron chi connectivity index (χ1n) is 18.9. The van der Waals surface area contributed by atoms with Gasteiger partial charge in [-0.2, -0.15) is 13.8 Å². The molecular formula is C45H68N2Ni. The third kappa shape index (κ3) is 16.3. The molecule has 0 saturated heterocycles. The van der Waals surface area contributed by atoms with Crippen LogP contribution >= 0.6 is 0 Å². The molecule has 0 aromatic heterocycles. The van der Waals surface area contributed by atoms with Crippen LogP contribution in [0.25, 0.3) is 11.1 Å². The number of hydrogen-bond acceptors (Lipinski definition) is 2. The van der Waals surface area contributed by atoms with E-state index in [1.807, 2.05) is 0 Å². The van der Waals surface area contributed by atoms with E-state index in [9.17, 15) is 0 Å². The van der Waals surface area contributed by atoms with E-state index < -0.39 is 0 Å². The summed E-state index contributed by atoms with van der Waals surface area (Å²) < 4.78 is 0. The van der Waals surface area contributed by atoms with Crippen LogP contribution in [0.1, 0.15) is 148 Å². The monoisotopic (exact) mass is 694 g/mol. The van der Waals surface area contributed by atoms with E-state index in [4.69, 9.17) is 9.98 Å². The van der Waals surface area contributed by atoms with Crippen molar-refractivity contribution in [3.05, 3.63) is 96.8 Å². The SMILES string of the molecule is CCCCCCc1cc(CCCC)cc(N=C(CC)C(C)=Nc2cc(CCCC)c(CCCC)c(-c3ccccc3)c2)c1.[CH2-]C.[CH2-]C.[Ni+2]. The minimum absolute atomic E-state index is 0. The summed E-state index contributed by atoms with van der Waals surface area (Å²) in [5.74, 6) is 0. The molecule has 0 fully saturated rings. The first-order chi connectivity index (χ1) is 23.0. The summed E-state index contributed by atoms with van der Waals surface area (Å²) in [6.45, 7) is 23.5. The van der Waals surface area contributed by atoms with Crippen molar-refractivity contribution in [2.24, 2.45) is 9.98 Å². The molecule has 0 aliphatic carbocycles. The molecule has 0 aliphatic rings. The molecule has 0 bridgehead atoms. The Kier molecular flexibility index (Phi) is 26.9. The van der Waals surface area contributed by atoms with Crippen LogP contribution in [0.3, 0.4) is 0 Å². The zero-order valence-electron chi connectivity index (χ0n) is 32.0. The molecule has 0 aliphatic heterocycles. The molecule has 0 amide bonds. The summed E-state index contributed by atoms with van der Waals surface area (Å²) in [5, 5.41) is 0. The summed E-state index contributed by atoms with van der Waals surface area (Å²) >= 11 is 0. The van der Waals surface area contributed by atoms with E-state index >= 15 is 0 Å². The molecule has 0 N–H and O–H groups in total. The summed E-state index contributed by atoms with van der Waals surface area (Å²) in [4.78, 5) is 10.5. The van der Waals surface area contributed by atoms with E-state index in [0.717, 1.165) is 54.9 Å². The molecule has 2 nitrogen and oxygen atoms in total. The Balaban J connectivity index is 0.00000425. The maximum absolute atomic E-state index is 5.25. The van der Waals surface area contributed by atoms with Gasteiger partial charge in [0.2, 0.25) is 0 Å². The largest absolute Gasteiger partial charge is 2.00 e. The molecule has 48 heavy (non-hydrogen) atoms. The van der Waals surface area contributed by atoms with Crippen LogP contribution in [0.2, 0.25) is 0 Å². The summed E-state index contributed by atoms with van der Waals surface area (Å²) in [7, 11) is 0. The summed E-state index contributed by atoms with van der Waals surface area (Å²) in [5.41, 5.74) is 12.7. The van der Waals surface area contributed by atoms with Gasteiger partial charge in [0.25, 0.3) is 0 Å². The summed E-state index contributed by atoms with van der Waals surface area (Å²) in [6, 6.07) is 22.7. The van der Waals surface area contributed by atoms with Crippen molar-refractivity contribution in [3.8, 4) is 11.1 Å². The Morgan fingerprint density at radius 3 is 1.69 bits per heavy atom. The Morgan fingerprint density at radius 2 is 1.10 bits per heavy atom. The van der Waals surface area contributed by atoms with Crippen LogP contribution in [0.5, 0.6) is 0 Å². The van der Waals surface area contributed by atoms with Gasteiger partial charge in [0, 0.05) is 0 Å². The molecule has 3 aromatic rings. The van der Waals surface area contributed by atoms with E-state index in [0.29, 0.717) is 0 Å². The maximum atomic E-state index is 5.25. The van der Waals surface area contributed by atoms with Gasteiger partial charge >= 0.3 is 16.5 Å². The predicted octanol–water partition coefficient (Wildman–Crippen LogP) is 14.5. The average Bonchev–Trinajstić information content (AvgIpc) is 3.11. The van der Waals surface area contributed by atoms with Gasteiger partial charge in [-0.15, -0.1) is 0 Å². The number of nitrogens with zero attached hydrogens (tertiary/aromatic N) is 2. The average molecular weight is 696 g/mol. The molecule has 0 heterocycles. The molecule has 0 unspecified atom stereocenters. The number of hydrogen-bond donors (Lipinski definition) is 0. The van der Waals surface area contributed by atoms with Crippen molar-refractivity contribution in [1.29, 1.82) is 0 Å². The quantitative estimate of drug-likeness (QED) is 0.0516. The van der Waals surface area contributed by atoms with Crippen molar-refractivity contribution in [2.45, 2.75) is 152 Å². The van der Waals surface area contributed by atoms with Crippen LogP contribution < -0.4 is 0 Å². The van der Waals surface area contributed by atoms with Crippen LogP contribution in [0.15, 0.2) is 70.6 Å². The molecule has 268 valence electrons. The van der Waals surface area contributed by atoms with E-state index in [-0.39, 0.29) is 16.5 Å². The third-order valence-corrected chi connectivity index (χ3v) is 8.48. The molecule has 3 aromatic carbocycles. The van der Waals surface area contributed by atoms with Crippen molar-refractivity contribution in [2.75, 3.05) is 0 Å². The normalized spacial score (nSPS) is 11.2. The zero-order valence-corrected chi connectivity index (χ0v) is 33.0. The van der Waals surface area contributed by atoms with Gasteiger partial charge in [0.05, 0.1) is 22.8 Å². The molecular weight excluding hydrogens is 627 g/mol. The van der Waals surface area contributed by atoms with E-state index in [1.165, 1.54) is 97.6 Å². The topological polar surface area (TPSA) is 24.7 Å². The minimum atomic E-state index is 0. The standard InChI is InChI=1S/C41H58N2.2C2H5.Ni/c1-7-12-16-18-22-34-27-33(21-13-8-2)28-37(29-34)43-41(11-5)32(6)42-38-30-36(23-14-9-3)39(26-15-10-4)40(31-38)35-24-19-17-20-25-35;2*1-2;/h17,19-20,24-25,27-31H,7-16,18,21-23,26H2,1-6H3;2*1H2,2H3;/q;2*-1;+2. The Hall–Kier alpha value is -2.51. The predicted molar refractivity (Wildman–Crippen MR) is 214 cm³/mol. The van der Waals surface area contributed by atoms with Crippen LogP contribution in [0, 0.1) is 13.8 Å². The fraction of sp³-hybridized carbons (Fsp3) is 0.511. The molecule has 3 rings (SSSR count). The number of benzene rings is 3. The second kappa shape index (κ2) is 28.3. The zero-order chi connectivity index (χ0) is 34.9. The Morgan fingerprint density at radius 1 is 0.562 bits per heavy atom. The number of unbranched alkanes of at least 4 members (excludes halogenated alkanes) is 6. The van der Waals surface area contributed by atoms with Gasteiger partial charge in [-0.1, -0.05) is 110 Å². The van der Waals surface area contributed by atoms with Crippen LogP contribution in [0.4, 0.5) is 11.4 Å². The van der Waals surface area contributed by atoms with Crippen LogP contribution in [-0.4, -0.2) is 11.4 Å². The number of aryl methyl sites for hydroxylation is 3.